The van der Waals surface area contributed by atoms with Crippen LogP contribution in [0.2, 0.25) is 0 Å². The Balaban J connectivity index is 1.99. The van der Waals surface area contributed by atoms with Crippen molar-refractivity contribution in [2.24, 2.45) is 5.92 Å². The van der Waals surface area contributed by atoms with Gasteiger partial charge in [0.05, 0.1) is 12.7 Å². The highest BCUT2D eigenvalue weighted by Crippen LogP contribution is 2.38. The van der Waals surface area contributed by atoms with Crippen LogP contribution in [-0.2, 0) is 10.0 Å². The fourth-order valence-corrected chi connectivity index (χ4v) is 4.64. The van der Waals surface area contributed by atoms with Crippen LogP contribution in [0.4, 0.5) is 11.6 Å². The molecule has 1 atom stereocenters. The maximum absolute atomic E-state index is 12.9. The topological polar surface area (TPSA) is 128 Å². The highest BCUT2D eigenvalue weighted by Gasteiger charge is 2.39. The summed E-state index contributed by atoms with van der Waals surface area (Å²) in [4.78, 5) is 23.2. The van der Waals surface area contributed by atoms with Gasteiger partial charge in [-0.15, -0.1) is 0 Å². The number of hydrogen-bond donors (Lipinski definition) is 2. The van der Waals surface area contributed by atoms with E-state index in [1.807, 2.05) is 4.90 Å². The van der Waals surface area contributed by atoms with Gasteiger partial charge in [0.15, 0.2) is 5.03 Å². The first kappa shape index (κ1) is 20.8. The average molecular weight is 420 g/mol. The van der Waals surface area contributed by atoms with Crippen LogP contribution in [0.5, 0.6) is 5.88 Å². The molecule has 9 nitrogen and oxygen atoms in total. The summed E-state index contributed by atoms with van der Waals surface area (Å²) in [5.74, 6) is 0.364. The van der Waals surface area contributed by atoms with Gasteiger partial charge in [-0.05, 0) is 44.4 Å². The number of nitrogens with zero attached hydrogens (tertiary/aromatic N) is 3. The number of nitrogens with one attached hydrogen (secondary N) is 1. The SMILES string of the molecule is COc1ccc(C(=O)NS(=O)(=O)c2cccc(N)n2)c(N2C[C@@H](C)CC2(C)C)n1. The van der Waals surface area contributed by atoms with Crippen LogP contribution in [0, 0.1) is 5.92 Å². The van der Waals surface area contributed by atoms with Gasteiger partial charge in [-0.3, -0.25) is 4.79 Å². The minimum Gasteiger partial charge on any atom is -0.481 e. The van der Waals surface area contributed by atoms with Crippen LogP contribution in [0.15, 0.2) is 35.4 Å². The van der Waals surface area contributed by atoms with E-state index in [2.05, 4.69) is 35.5 Å². The zero-order valence-electron chi connectivity index (χ0n) is 16.8. The number of anilines is 2. The summed E-state index contributed by atoms with van der Waals surface area (Å²) in [6.45, 7) is 6.94. The molecule has 0 spiro atoms. The number of nitrogens with two attached hydrogens (primary N) is 1. The molecule has 0 unspecified atom stereocenters. The van der Waals surface area contributed by atoms with Crippen molar-refractivity contribution in [3.63, 3.8) is 0 Å². The van der Waals surface area contributed by atoms with Gasteiger partial charge in [0.25, 0.3) is 15.9 Å². The summed E-state index contributed by atoms with van der Waals surface area (Å²) >= 11 is 0. The predicted molar refractivity (Wildman–Crippen MR) is 109 cm³/mol. The lowest BCUT2D eigenvalue weighted by molar-refractivity contribution is 0.0981. The standard InChI is InChI=1S/C19H25N5O4S/c1-12-10-19(2,3)24(11-12)17-13(8-9-15(22-17)28-4)18(25)23-29(26,27)16-7-5-6-14(20)21-16/h5-9,12H,10-11H2,1-4H3,(H2,20,21)(H,23,25)/t12-/m0/s1. The lowest BCUT2D eigenvalue weighted by Crippen LogP contribution is -2.41. The van der Waals surface area contributed by atoms with Gasteiger partial charge in [-0.25, -0.2) is 9.71 Å². The predicted octanol–water partition coefficient (Wildman–Crippen LogP) is 1.81. The molecule has 3 N–H and O–H groups in total. The monoisotopic (exact) mass is 419 g/mol. The Labute approximate surface area is 170 Å². The number of rotatable bonds is 5. The molecule has 0 bridgehead atoms. The average Bonchev–Trinajstić information content (AvgIpc) is 2.92. The van der Waals surface area contributed by atoms with E-state index in [4.69, 9.17) is 10.5 Å². The van der Waals surface area contributed by atoms with Crippen LogP contribution in [0.3, 0.4) is 0 Å². The van der Waals surface area contributed by atoms with Gasteiger partial charge < -0.3 is 15.4 Å². The molecule has 2 aromatic rings. The molecule has 1 aliphatic heterocycles. The van der Waals surface area contributed by atoms with E-state index in [9.17, 15) is 13.2 Å². The van der Waals surface area contributed by atoms with Crippen LogP contribution < -0.4 is 20.1 Å². The first-order valence-electron chi connectivity index (χ1n) is 9.16. The Bertz CT molecular complexity index is 1040. The highest BCUT2D eigenvalue weighted by molar-refractivity contribution is 7.90. The lowest BCUT2D eigenvalue weighted by atomic mass is 9.97. The summed E-state index contributed by atoms with van der Waals surface area (Å²) in [6.07, 6.45) is 0.915. The molecule has 1 fully saturated rings. The molecule has 1 amide bonds. The fraction of sp³-hybridized carbons (Fsp3) is 0.421. The van der Waals surface area contributed by atoms with Crippen molar-refractivity contribution < 1.29 is 17.9 Å². The van der Waals surface area contributed by atoms with Crippen molar-refractivity contribution in [3.05, 3.63) is 35.9 Å². The quantitative estimate of drug-likeness (QED) is 0.751. The van der Waals surface area contributed by atoms with Gasteiger partial charge in [-0.1, -0.05) is 13.0 Å². The number of aromatic nitrogens is 2. The molecular formula is C19H25N5O4S. The van der Waals surface area contributed by atoms with E-state index in [-0.39, 0.29) is 21.9 Å². The van der Waals surface area contributed by atoms with Gasteiger partial charge in [0, 0.05) is 18.2 Å². The number of amides is 1. The minimum absolute atomic E-state index is 0.0416. The fourth-order valence-electron chi connectivity index (χ4n) is 3.70. The van der Waals surface area contributed by atoms with E-state index >= 15 is 0 Å². The molecule has 0 aromatic carbocycles. The van der Waals surface area contributed by atoms with E-state index in [1.165, 1.54) is 37.4 Å². The molecule has 3 rings (SSSR count). The maximum atomic E-state index is 12.9. The Kier molecular flexibility index (Phi) is 5.40. The number of carbonyl (C=O) groups excluding carboxylic acids is 1. The minimum atomic E-state index is -4.19. The smallest absolute Gasteiger partial charge is 0.281 e. The first-order chi connectivity index (χ1) is 13.5. The second-order valence-corrected chi connectivity index (χ2v) is 9.42. The first-order valence-corrected chi connectivity index (χ1v) is 10.6. The normalized spacial score (nSPS) is 18.5. The third-order valence-corrected chi connectivity index (χ3v) is 6.11. The number of methoxy groups -OCH3 is 1. The molecule has 2 aromatic heterocycles. The number of sulfonamides is 1. The number of hydrogen-bond acceptors (Lipinski definition) is 8. The Hall–Kier alpha value is -2.88. The summed E-state index contributed by atoms with van der Waals surface area (Å²) in [7, 11) is -2.71. The summed E-state index contributed by atoms with van der Waals surface area (Å²) in [6, 6.07) is 7.22. The Morgan fingerprint density at radius 2 is 2.00 bits per heavy atom. The van der Waals surface area contributed by atoms with Gasteiger partial charge in [0.2, 0.25) is 5.88 Å². The van der Waals surface area contributed by atoms with E-state index < -0.39 is 15.9 Å². The van der Waals surface area contributed by atoms with Crippen molar-refractivity contribution in [1.82, 2.24) is 14.7 Å². The van der Waals surface area contributed by atoms with Crippen molar-refractivity contribution in [1.29, 1.82) is 0 Å². The largest absolute Gasteiger partial charge is 0.481 e. The van der Waals surface area contributed by atoms with Crippen LogP contribution in [0.25, 0.3) is 0 Å². The zero-order valence-corrected chi connectivity index (χ0v) is 17.7. The molecule has 3 heterocycles. The summed E-state index contributed by atoms with van der Waals surface area (Å²) in [5.41, 5.74) is 5.45. The number of ether oxygens (including phenoxy) is 1. The van der Waals surface area contributed by atoms with Crippen molar-refractivity contribution in [2.75, 3.05) is 24.3 Å². The Morgan fingerprint density at radius 1 is 1.28 bits per heavy atom. The molecule has 1 aliphatic rings. The Morgan fingerprint density at radius 3 is 2.59 bits per heavy atom. The number of carbonyl (C=O) groups is 1. The molecule has 29 heavy (non-hydrogen) atoms. The zero-order chi connectivity index (χ0) is 21.4. The third kappa shape index (κ3) is 4.26. The van der Waals surface area contributed by atoms with Gasteiger partial charge in [-0.2, -0.15) is 13.4 Å². The van der Waals surface area contributed by atoms with E-state index in [1.54, 1.807) is 0 Å². The van der Waals surface area contributed by atoms with Crippen molar-refractivity contribution >= 4 is 27.6 Å². The summed E-state index contributed by atoms with van der Waals surface area (Å²) < 4.78 is 32.5. The van der Waals surface area contributed by atoms with E-state index in [0.29, 0.717) is 24.2 Å². The van der Waals surface area contributed by atoms with Crippen molar-refractivity contribution in [2.45, 2.75) is 37.8 Å². The molecule has 10 heteroatoms. The van der Waals surface area contributed by atoms with Gasteiger partial charge in [0.1, 0.15) is 11.6 Å². The molecule has 0 saturated carbocycles. The molecule has 0 radical (unpaired) electrons. The summed E-state index contributed by atoms with van der Waals surface area (Å²) in [5, 5.41) is -0.330. The lowest BCUT2D eigenvalue weighted by Gasteiger charge is -2.33. The molecule has 0 aliphatic carbocycles. The molecular weight excluding hydrogens is 394 g/mol. The molecule has 156 valence electrons. The van der Waals surface area contributed by atoms with Crippen LogP contribution >= 0.6 is 0 Å². The van der Waals surface area contributed by atoms with Gasteiger partial charge >= 0.3 is 0 Å². The number of pyridine rings is 2. The van der Waals surface area contributed by atoms with Crippen molar-refractivity contribution in [3.8, 4) is 5.88 Å². The number of nitrogen functional groups attached to an aromatic ring is 1. The second kappa shape index (κ2) is 7.51. The van der Waals surface area contributed by atoms with E-state index in [0.717, 1.165) is 6.42 Å². The maximum Gasteiger partial charge on any atom is 0.281 e. The molecule has 1 saturated heterocycles. The second-order valence-electron chi connectivity index (χ2n) is 7.79. The highest BCUT2D eigenvalue weighted by atomic mass is 32.2. The van der Waals surface area contributed by atoms with Crippen LogP contribution in [0.1, 0.15) is 37.6 Å². The van der Waals surface area contributed by atoms with Crippen LogP contribution in [-0.4, -0.2) is 43.5 Å². The third-order valence-electron chi connectivity index (χ3n) is 4.88.